The van der Waals surface area contributed by atoms with Gasteiger partial charge in [-0.05, 0) is 115 Å². The summed E-state index contributed by atoms with van der Waals surface area (Å²) in [6.07, 6.45) is -4.23. The SMILES string of the molecule is CC.CC(C)c1ccc(C(F)(F)F)cc1.Oc1ccc2cc(C3(c4ccc5cc(O)ccc5c4)c4ccccc4-c4ccccc43)ccc2c1. The van der Waals surface area contributed by atoms with Crippen molar-refractivity contribution in [2.75, 3.05) is 0 Å². The molecule has 0 aliphatic heterocycles. The number of halogens is 3. The van der Waals surface area contributed by atoms with E-state index in [1.807, 2.05) is 52.0 Å². The van der Waals surface area contributed by atoms with Crippen LogP contribution in [0.1, 0.15) is 67.0 Å². The molecule has 50 heavy (non-hydrogen) atoms. The lowest BCUT2D eigenvalue weighted by Crippen LogP contribution is -2.28. The fourth-order valence-electron chi connectivity index (χ4n) is 7.01. The maximum absolute atomic E-state index is 12.1. The van der Waals surface area contributed by atoms with Gasteiger partial charge in [0.15, 0.2) is 0 Å². The predicted octanol–water partition coefficient (Wildman–Crippen LogP) is 12.6. The van der Waals surface area contributed by atoms with Crippen molar-refractivity contribution < 1.29 is 23.4 Å². The molecule has 1 aliphatic rings. The van der Waals surface area contributed by atoms with Gasteiger partial charge in [0.1, 0.15) is 11.5 Å². The lowest BCUT2D eigenvalue weighted by atomic mass is 9.67. The Morgan fingerprint density at radius 2 is 0.900 bits per heavy atom. The number of alkyl halides is 3. The van der Waals surface area contributed by atoms with Crippen LogP contribution in [0.25, 0.3) is 32.7 Å². The highest BCUT2D eigenvalue weighted by Crippen LogP contribution is 2.56. The number of fused-ring (bicyclic) bond motifs is 5. The van der Waals surface area contributed by atoms with Gasteiger partial charge in [0.2, 0.25) is 0 Å². The summed E-state index contributed by atoms with van der Waals surface area (Å²) >= 11 is 0. The molecule has 0 aromatic heterocycles. The van der Waals surface area contributed by atoms with E-state index >= 15 is 0 Å². The molecule has 0 atom stereocenters. The molecule has 8 rings (SSSR count). The first-order valence-corrected chi connectivity index (χ1v) is 16.9. The highest BCUT2D eigenvalue weighted by atomic mass is 19.4. The maximum atomic E-state index is 12.1. The van der Waals surface area contributed by atoms with E-state index in [-0.39, 0.29) is 17.4 Å². The lowest BCUT2D eigenvalue weighted by Gasteiger charge is -2.34. The van der Waals surface area contributed by atoms with Gasteiger partial charge in [0.05, 0.1) is 11.0 Å². The number of benzene rings is 7. The molecular weight excluding hydrogens is 629 g/mol. The summed E-state index contributed by atoms with van der Waals surface area (Å²) in [5, 5.41) is 24.2. The molecule has 0 saturated heterocycles. The Balaban J connectivity index is 0.000000244. The minimum atomic E-state index is -4.23. The van der Waals surface area contributed by atoms with Crippen LogP contribution in [0.15, 0.2) is 146 Å². The van der Waals surface area contributed by atoms with Gasteiger partial charge >= 0.3 is 6.18 Å². The zero-order chi connectivity index (χ0) is 35.6. The second-order valence-corrected chi connectivity index (χ2v) is 12.6. The third-order valence-electron chi connectivity index (χ3n) is 9.37. The van der Waals surface area contributed by atoms with Crippen molar-refractivity contribution in [3.05, 3.63) is 179 Å². The number of aromatic hydroxyl groups is 2. The largest absolute Gasteiger partial charge is 0.508 e. The van der Waals surface area contributed by atoms with E-state index in [9.17, 15) is 23.4 Å². The van der Waals surface area contributed by atoms with Crippen LogP contribution in [0, 0.1) is 0 Å². The molecule has 0 amide bonds. The van der Waals surface area contributed by atoms with Crippen molar-refractivity contribution >= 4 is 21.5 Å². The molecule has 0 fully saturated rings. The van der Waals surface area contributed by atoms with Gasteiger partial charge in [-0.25, -0.2) is 0 Å². The van der Waals surface area contributed by atoms with Crippen molar-refractivity contribution in [3.63, 3.8) is 0 Å². The van der Waals surface area contributed by atoms with Crippen molar-refractivity contribution in [1.29, 1.82) is 0 Å². The van der Waals surface area contributed by atoms with Crippen LogP contribution in [0.5, 0.6) is 11.5 Å². The van der Waals surface area contributed by atoms with Crippen LogP contribution in [-0.2, 0) is 11.6 Å². The van der Waals surface area contributed by atoms with Crippen LogP contribution in [-0.4, -0.2) is 10.2 Å². The second-order valence-electron chi connectivity index (χ2n) is 12.6. The first-order chi connectivity index (χ1) is 24.1. The van der Waals surface area contributed by atoms with Crippen LogP contribution in [0.3, 0.4) is 0 Å². The lowest BCUT2D eigenvalue weighted by molar-refractivity contribution is -0.137. The molecule has 252 valence electrons. The van der Waals surface area contributed by atoms with Crippen LogP contribution >= 0.6 is 0 Å². The van der Waals surface area contributed by atoms with E-state index in [0.29, 0.717) is 0 Å². The van der Waals surface area contributed by atoms with E-state index in [1.165, 1.54) is 45.5 Å². The quantitative estimate of drug-likeness (QED) is 0.197. The smallest absolute Gasteiger partial charge is 0.416 e. The van der Waals surface area contributed by atoms with Crippen molar-refractivity contribution in [2.45, 2.75) is 45.2 Å². The van der Waals surface area contributed by atoms with Crippen LogP contribution in [0.4, 0.5) is 13.2 Å². The van der Waals surface area contributed by atoms with Crippen molar-refractivity contribution in [3.8, 4) is 22.6 Å². The van der Waals surface area contributed by atoms with Crippen LogP contribution in [0.2, 0.25) is 0 Å². The maximum Gasteiger partial charge on any atom is 0.416 e. The molecular formula is C45H39F3O2. The van der Waals surface area contributed by atoms with E-state index < -0.39 is 17.2 Å². The standard InChI is InChI=1S/C33H22O2.C10H11F3.C2H6/c34-27-15-11-21-17-25(13-9-23(21)19-27)33(26-14-10-24-20-28(35)16-12-22(24)18-26)31-7-3-1-5-29(31)30-6-2-4-8-32(30)33;1-7(2)8-3-5-9(6-4-8)10(11,12)13;1-2/h1-20,34-35H;3-7H,1-2H3;1-2H3. The average Bonchev–Trinajstić information content (AvgIpc) is 3.43. The molecule has 1 aliphatic carbocycles. The van der Waals surface area contributed by atoms with Crippen LogP contribution < -0.4 is 0 Å². The monoisotopic (exact) mass is 668 g/mol. The molecule has 7 aromatic carbocycles. The highest BCUT2D eigenvalue weighted by molar-refractivity contribution is 5.92. The summed E-state index contributed by atoms with van der Waals surface area (Å²) in [4.78, 5) is 0. The molecule has 0 bridgehead atoms. The molecule has 0 radical (unpaired) electrons. The number of phenols is 2. The van der Waals surface area contributed by atoms with Gasteiger partial charge in [0.25, 0.3) is 0 Å². The van der Waals surface area contributed by atoms with Gasteiger partial charge in [-0.1, -0.05) is 125 Å². The van der Waals surface area contributed by atoms with Crippen molar-refractivity contribution in [1.82, 2.24) is 0 Å². The normalized spacial score (nSPS) is 12.8. The fourth-order valence-corrected chi connectivity index (χ4v) is 7.01. The summed E-state index contributed by atoms with van der Waals surface area (Å²) in [5.74, 6) is 0.811. The second kappa shape index (κ2) is 13.8. The first kappa shape index (κ1) is 34.3. The Bertz CT molecular complexity index is 2150. The highest BCUT2D eigenvalue weighted by Gasteiger charge is 2.46. The predicted molar refractivity (Wildman–Crippen MR) is 199 cm³/mol. The van der Waals surface area contributed by atoms with Gasteiger partial charge in [0, 0.05) is 0 Å². The average molecular weight is 669 g/mol. The van der Waals surface area contributed by atoms with Gasteiger partial charge in [-0.2, -0.15) is 13.2 Å². The number of rotatable bonds is 3. The molecule has 0 spiro atoms. The molecule has 0 unspecified atom stereocenters. The summed E-state index contributed by atoms with van der Waals surface area (Å²) in [5.41, 5.74) is 7.24. The zero-order valence-corrected chi connectivity index (χ0v) is 28.5. The fraction of sp³-hybridized carbons (Fsp3) is 0.156. The Morgan fingerprint density at radius 3 is 1.32 bits per heavy atom. The summed E-state index contributed by atoms with van der Waals surface area (Å²) in [6.45, 7) is 7.89. The van der Waals surface area contributed by atoms with Crippen molar-refractivity contribution in [2.24, 2.45) is 0 Å². The summed E-state index contributed by atoms with van der Waals surface area (Å²) in [6, 6.07) is 46.9. The summed E-state index contributed by atoms with van der Waals surface area (Å²) < 4.78 is 36.4. The van der Waals surface area contributed by atoms with Gasteiger partial charge in [-0.15, -0.1) is 0 Å². The Hall–Kier alpha value is -5.55. The first-order valence-electron chi connectivity index (χ1n) is 16.9. The zero-order valence-electron chi connectivity index (χ0n) is 28.5. The molecule has 2 N–H and O–H groups in total. The number of hydrogen-bond donors (Lipinski definition) is 2. The molecule has 5 heteroatoms. The molecule has 7 aromatic rings. The Labute approximate surface area is 291 Å². The minimum absolute atomic E-state index is 0.266. The summed E-state index contributed by atoms with van der Waals surface area (Å²) in [7, 11) is 0. The number of hydrogen-bond acceptors (Lipinski definition) is 2. The molecule has 0 saturated carbocycles. The molecule has 0 heterocycles. The van der Waals surface area contributed by atoms with E-state index in [2.05, 4.69) is 84.9 Å². The van der Waals surface area contributed by atoms with E-state index in [0.717, 1.165) is 39.2 Å². The van der Waals surface area contributed by atoms with Gasteiger partial charge < -0.3 is 10.2 Å². The Kier molecular flexibility index (Phi) is 9.44. The van der Waals surface area contributed by atoms with E-state index in [1.54, 1.807) is 12.1 Å². The third-order valence-corrected chi connectivity index (χ3v) is 9.37. The topological polar surface area (TPSA) is 40.5 Å². The Morgan fingerprint density at radius 1 is 0.500 bits per heavy atom. The third kappa shape index (κ3) is 6.20. The molecule has 2 nitrogen and oxygen atoms in total. The minimum Gasteiger partial charge on any atom is -0.508 e. The van der Waals surface area contributed by atoms with Gasteiger partial charge in [-0.3, -0.25) is 0 Å². The van der Waals surface area contributed by atoms with E-state index in [4.69, 9.17) is 0 Å². The number of phenolic OH excluding ortho intramolecular Hbond substituents is 2.